The van der Waals surface area contributed by atoms with Gasteiger partial charge in [-0.05, 0) is 36.4 Å². The molecule has 0 spiro atoms. The highest BCUT2D eigenvalue weighted by molar-refractivity contribution is 9.10. The number of rotatable bonds is 3. The SMILES string of the molecule is O=C(O)c1cc(Br)ccc1Sc1ccc(Cl)c(Cl)c1. The van der Waals surface area contributed by atoms with Crippen LogP contribution in [0.1, 0.15) is 10.4 Å². The first-order valence-electron chi connectivity index (χ1n) is 5.13. The van der Waals surface area contributed by atoms with Crippen LogP contribution in [0.4, 0.5) is 0 Å². The molecule has 0 aromatic heterocycles. The second-order valence-electron chi connectivity index (χ2n) is 3.62. The number of carboxylic acid groups (broad SMARTS) is 1. The quantitative estimate of drug-likeness (QED) is 0.755. The number of carbonyl (C=O) groups is 1. The molecular formula is C13H7BrCl2O2S. The summed E-state index contributed by atoms with van der Waals surface area (Å²) in [6.07, 6.45) is 0. The van der Waals surface area contributed by atoms with Crippen molar-refractivity contribution in [1.82, 2.24) is 0 Å². The molecule has 2 aromatic carbocycles. The molecule has 0 saturated carbocycles. The van der Waals surface area contributed by atoms with Crippen LogP contribution in [0.25, 0.3) is 0 Å². The molecule has 0 atom stereocenters. The molecule has 1 N–H and O–H groups in total. The monoisotopic (exact) mass is 376 g/mol. The Kier molecular flexibility index (Phi) is 4.79. The van der Waals surface area contributed by atoms with E-state index in [0.29, 0.717) is 14.9 Å². The molecule has 0 heterocycles. The van der Waals surface area contributed by atoms with Gasteiger partial charge in [0, 0.05) is 14.3 Å². The van der Waals surface area contributed by atoms with Gasteiger partial charge in [-0.3, -0.25) is 0 Å². The van der Waals surface area contributed by atoms with Crippen molar-refractivity contribution in [2.75, 3.05) is 0 Å². The Bertz CT molecular complexity index is 647. The Balaban J connectivity index is 2.37. The summed E-state index contributed by atoms with van der Waals surface area (Å²) < 4.78 is 0.725. The lowest BCUT2D eigenvalue weighted by Crippen LogP contribution is -1.98. The first-order chi connectivity index (χ1) is 8.97. The van der Waals surface area contributed by atoms with Crippen molar-refractivity contribution >= 4 is 56.9 Å². The topological polar surface area (TPSA) is 37.3 Å². The summed E-state index contributed by atoms with van der Waals surface area (Å²) in [7, 11) is 0. The summed E-state index contributed by atoms with van der Waals surface area (Å²) in [6, 6.07) is 10.3. The molecule has 0 unspecified atom stereocenters. The van der Waals surface area contributed by atoms with Gasteiger partial charge < -0.3 is 5.11 Å². The Hall–Kier alpha value is -0.680. The van der Waals surface area contributed by atoms with Gasteiger partial charge >= 0.3 is 5.97 Å². The van der Waals surface area contributed by atoms with Gasteiger partial charge in [-0.15, -0.1) is 0 Å². The molecular weight excluding hydrogens is 371 g/mol. The molecule has 0 fully saturated rings. The summed E-state index contributed by atoms with van der Waals surface area (Å²) in [5, 5.41) is 10.1. The van der Waals surface area contributed by atoms with Gasteiger partial charge in [0.25, 0.3) is 0 Å². The summed E-state index contributed by atoms with van der Waals surface area (Å²) in [6.45, 7) is 0. The van der Waals surface area contributed by atoms with Crippen LogP contribution in [0.15, 0.2) is 50.7 Å². The highest BCUT2D eigenvalue weighted by Gasteiger charge is 2.12. The molecule has 0 aliphatic carbocycles. The Labute approximate surface area is 132 Å². The van der Waals surface area contributed by atoms with E-state index in [1.54, 1.807) is 36.4 Å². The maximum absolute atomic E-state index is 11.2. The van der Waals surface area contributed by atoms with Crippen LogP contribution in [0, 0.1) is 0 Å². The third kappa shape index (κ3) is 3.66. The smallest absolute Gasteiger partial charge is 0.336 e. The number of carboxylic acids is 1. The van der Waals surface area contributed by atoms with E-state index in [1.807, 2.05) is 0 Å². The average molecular weight is 378 g/mol. The predicted molar refractivity (Wildman–Crippen MR) is 81.7 cm³/mol. The van der Waals surface area contributed by atoms with E-state index in [9.17, 15) is 9.90 Å². The second kappa shape index (κ2) is 6.18. The molecule has 98 valence electrons. The number of hydrogen-bond donors (Lipinski definition) is 1. The predicted octanol–water partition coefficient (Wildman–Crippen LogP) is 5.61. The molecule has 2 aromatic rings. The fourth-order valence-corrected chi connectivity index (χ4v) is 3.11. The van der Waals surface area contributed by atoms with E-state index >= 15 is 0 Å². The van der Waals surface area contributed by atoms with Gasteiger partial charge in [-0.2, -0.15) is 0 Å². The lowest BCUT2D eigenvalue weighted by atomic mass is 10.2. The number of hydrogen-bond acceptors (Lipinski definition) is 2. The van der Waals surface area contributed by atoms with Gasteiger partial charge in [0.2, 0.25) is 0 Å². The zero-order chi connectivity index (χ0) is 14.0. The average Bonchev–Trinajstić information content (AvgIpc) is 2.36. The van der Waals surface area contributed by atoms with Crippen LogP contribution >= 0.6 is 50.9 Å². The van der Waals surface area contributed by atoms with E-state index in [-0.39, 0.29) is 5.56 Å². The number of halogens is 3. The normalized spacial score (nSPS) is 10.5. The van der Waals surface area contributed by atoms with Crippen molar-refractivity contribution in [3.8, 4) is 0 Å². The van der Waals surface area contributed by atoms with Crippen molar-refractivity contribution in [3.63, 3.8) is 0 Å². The van der Waals surface area contributed by atoms with E-state index in [4.69, 9.17) is 23.2 Å². The maximum atomic E-state index is 11.2. The lowest BCUT2D eigenvalue weighted by Gasteiger charge is -2.07. The van der Waals surface area contributed by atoms with Crippen LogP contribution < -0.4 is 0 Å². The molecule has 0 aliphatic heterocycles. The van der Waals surface area contributed by atoms with Gasteiger partial charge in [-0.1, -0.05) is 50.9 Å². The van der Waals surface area contributed by atoms with Crippen LogP contribution in [-0.2, 0) is 0 Å². The molecule has 2 rings (SSSR count). The molecule has 0 amide bonds. The summed E-state index contributed by atoms with van der Waals surface area (Å²) >= 11 is 16.4. The highest BCUT2D eigenvalue weighted by Crippen LogP contribution is 2.35. The third-order valence-electron chi connectivity index (χ3n) is 2.29. The molecule has 19 heavy (non-hydrogen) atoms. The van der Waals surface area contributed by atoms with Crippen LogP contribution in [0.2, 0.25) is 10.0 Å². The van der Waals surface area contributed by atoms with Crippen LogP contribution in [0.3, 0.4) is 0 Å². The third-order valence-corrected chi connectivity index (χ3v) is 4.59. The van der Waals surface area contributed by atoms with Gasteiger partial charge in [0.05, 0.1) is 15.6 Å². The fourth-order valence-electron chi connectivity index (χ4n) is 1.43. The summed E-state index contributed by atoms with van der Waals surface area (Å²) in [5.41, 5.74) is 0.241. The standard InChI is InChI=1S/C13H7BrCl2O2S/c14-7-1-4-12(9(5-7)13(17)18)19-8-2-3-10(15)11(16)6-8/h1-6H,(H,17,18). The molecule has 2 nitrogen and oxygen atoms in total. The first kappa shape index (κ1) is 14.7. The minimum Gasteiger partial charge on any atom is -0.478 e. The number of aromatic carboxylic acids is 1. The second-order valence-corrected chi connectivity index (χ2v) is 6.47. The van der Waals surface area contributed by atoms with Crippen LogP contribution in [0.5, 0.6) is 0 Å². The Morgan fingerprint density at radius 3 is 2.47 bits per heavy atom. The Morgan fingerprint density at radius 1 is 1.11 bits per heavy atom. The van der Waals surface area contributed by atoms with Gasteiger partial charge in [0.15, 0.2) is 0 Å². The number of benzene rings is 2. The van der Waals surface area contributed by atoms with E-state index in [2.05, 4.69) is 15.9 Å². The van der Waals surface area contributed by atoms with Crippen LogP contribution in [-0.4, -0.2) is 11.1 Å². The van der Waals surface area contributed by atoms with Crippen molar-refractivity contribution in [1.29, 1.82) is 0 Å². The summed E-state index contributed by atoms with van der Waals surface area (Å²) in [4.78, 5) is 12.7. The summed E-state index contributed by atoms with van der Waals surface area (Å²) in [5.74, 6) is -0.969. The maximum Gasteiger partial charge on any atom is 0.336 e. The van der Waals surface area contributed by atoms with E-state index < -0.39 is 5.97 Å². The van der Waals surface area contributed by atoms with Crippen molar-refractivity contribution in [2.24, 2.45) is 0 Å². The highest BCUT2D eigenvalue weighted by atomic mass is 79.9. The van der Waals surface area contributed by atoms with E-state index in [1.165, 1.54) is 11.8 Å². The molecule has 0 saturated heterocycles. The first-order valence-corrected chi connectivity index (χ1v) is 7.49. The molecule has 0 radical (unpaired) electrons. The minimum absolute atomic E-state index is 0.241. The van der Waals surface area contributed by atoms with Crippen molar-refractivity contribution < 1.29 is 9.90 Å². The van der Waals surface area contributed by atoms with Crippen molar-refractivity contribution in [2.45, 2.75) is 9.79 Å². The fraction of sp³-hybridized carbons (Fsp3) is 0. The van der Waals surface area contributed by atoms with Gasteiger partial charge in [-0.25, -0.2) is 4.79 Å². The zero-order valence-corrected chi connectivity index (χ0v) is 13.3. The Morgan fingerprint density at radius 2 is 1.84 bits per heavy atom. The largest absolute Gasteiger partial charge is 0.478 e. The molecule has 0 aliphatic rings. The molecule has 0 bridgehead atoms. The zero-order valence-electron chi connectivity index (χ0n) is 9.36. The molecule has 6 heteroatoms. The van der Waals surface area contributed by atoms with E-state index in [0.717, 1.165) is 9.37 Å². The van der Waals surface area contributed by atoms with Crippen molar-refractivity contribution in [3.05, 3.63) is 56.5 Å². The lowest BCUT2D eigenvalue weighted by molar-refractivity contribution is 0.0693. The van der Waals surface area contributed by atoms with Gasteiger partial charge in [0.1, 0.15) is 0 Å². The minimum atomic E-state index is -0.969.